The number of nitrogens with two attached hydrogens (primary N) is 2. The molecule has 0 rings (SSSR count). The van der Waals surface area contributed by atoms with Crippen LogP contribution >= 0.6 is 0 Å². The molecule has 10 heteroatoms. The predicted octanol–water partition coefficient (Wildman–Crippen LogP) is -2.76. The molecule has 1 unspecified atom stereocenters. The van der Waals surface area contributed by atoms with E-state index in [4.69, 9.17) is 21.7 Å². The topological polar surface area (TPSA) is 179 Å². The molecule has 1 atom stereocenters. The van der Waals surface area contributed by atoms with Crippen LogP contribution in [0.2, 0.25) is 0 Å². The second kappa shape index (κ2) is 5.93. The largest absolute Gasteiger partial charge is 0.477 e. The third kappa shape index (κ3) is 3.40. The molecule has 0 aliphatic carbocycles. The van der Waals surface area contributed by atoms with Crippen molar-refractivity contribution in [3.63, 3.8) is 0 Å². The third-order valence-corrected chi connectivity index (χ3v) is 1.69. The van der Waals surface area contributed by atoms with Gasteiger partial charge in [0.1, 0.15) is 0 Å². The molecule has 0 heterocycles. The van der Waals surface area contributed by atoms with E-state index in [-0.39, 0.29) is 6.61 Å². The summed E-state index contributed by atoms with van der Waals surface area (Å²) in [6.45, 7) is 1.36. The van der Waals surface area contributed by atoms with Crippen LogP contribution < -0.4 is 11.5 Å². The summed E-state index contributed by atoms with van der Waals surface area (Å²) in [5.41, 5.74) is 6.59. The lowest BCUT2D eigenvalue weighted by atomic mass is 10.2. The maximum atomic E-state index is 11.2. The van der Waals surface area contributed by atoms with Gasteiger partial charge in [0.25, 0.3) is 0 Å². The Kier molecular flexibility index (Phi) is 5.21. The first-order valence-corrected chi connectivity index (χ1v) is 4.57. The van der Waals surface area contributed by atoms with Crippen molar-refractivity contribution >= 4 is 23.9 Å². The molecule has 102 valence electrons. The van der Waals surface area contributed by atoms with Gasteiger partial charge in [-0.15, -0.1) is 0 Å². The molecular weight excluding hydrogens is 252 g/mol. The Morgan fingerprint density at radius 1 is 1.17 bits per heavy atom. The standard InChI is InChI=1S/C8H12N2O8/c1-2-17-4(11)3(9)5(12)18-8(10,6(13)14)7(15)16/h3H,2,9-10H2,1H3,(H,13,14)(H,15,16). The highest BCUT2D eigenvalue weighted by molar-refractivity contribution is 6.05. The van der Waals surface area contributed by atoms with Crippen LogP contribution in [0.5, 0.6) is 0 Å². The lowest BCUT2D eigenvalue weighted by molar-refractivity contribution is -0.192. The Morgan fingerprint density at radius 3 is 1.94 bits per heavy atom. The fourth-order valence-electron chi connectivity index (χ4n) is 0.729. The molecule has 0 fully saturated rings. The number of carbonyl (C=O) groups is 4. The van der Waals surface area contributed by atoms with E-state index in [0.29, 0.717) is 0 Å². The maximum absolute atomic E-state index is 11.2. The van der Waals surface area contributed by atoms with Crippen LogP contribution in [0.25, 0.3) is 0 Å². The van der Waals surface area contributed by atoms with E-state index in [9.17, 15) is 19.2 Å². The van der Waals surface area contributed by atoms with Crippen molar-refractivity contribution in [1.82, 2.24) is 0 Å². The van der Waals surface area contributed by atoms with Crippen LogP contribution in [0, 0.1) is 0 Å². The zero-order valence-electron chi connectivity index (χ0n) is 9.28. The number of esters is 2. The summed E-state index contributed by atoms with van der Waals surface area (Å²) in [6.07, 6.45) is 0. The summed E-state index contributed by atoms with van der Waals surface area (Å²) < 4.78 is 8.36. The Labute approximate surface area is 100 Å². The summed E-state index contributed by atoms with van der Waals surface area (Å²) in [5.74, 6) is -7.07. The molecule has 0 aromatic heterocycles. The predicted molar refractivity (Wildman–Crippen MR) is 52.9 cm³/mol. The van der Waals surface area contributed by atoms with Crippen molar-refractivity contribution in [3.8, 4) is 0 Å². The highest BCUT2D eigenvalue weighted by atomic mass is 16.6. The van der Waals surface area contributed by atoms with Crippen molar-refractivity contribution in [1.29, 1.82) is 0 Å². The average molecular weight is 264 g/mol. The summed E-state index contributed by atoms with van der Waals surface area (Å²) in [7, 11) is 0. The molecule has 0 amide bonds. The molecule has 0 aliphatic heterocycles. The van der Waals surface area contributed by atoms with Crippen LogP contribution in [0.1, 0.15) is 6.92 Å². The summed E-state index contributed by atoms with van der Waals surface area (Å²) in [6, 6.07) is -1.98. The van der Waals surface area contributed by atoms with E-state index < -0.39 is 35.6 Å². The van der Waals surface area contributed by atoms with Crippen LogP contribution in [-0.4, -0.2) is 52.5 Å². The lowest BCUT2D eigenvalue weighted by Crippen LogP contribution is -2.60. The van der Waals surface area contributed by atoms with Gasteiger partial charge in [0, 0.05) is 0 Å². The third-order valence-electron chi connectivity index (χ3n) is 1.69. The van der Waals surface area contributed by atoms with Crippen molar-refractivity contribution in [2.45, 2.75) is 18.7 Å². The number of carbonyl (C=O) groups excluding carboxylic acids is 2. The van der Waals surface area contributed by atoms with Crippen LogP contribution in [0.3, 0.4) is 0 Å². The zero-order valence-corrected chi connectivity index (χ0v) is 9.28. The highest BCUT2D eigenvalue weighted by Crippen LogP contribution is 2.06. The zero-order chi connectivity index (χ0) is 14.5. The number of hydrogen-bond donors (Lipinski definition) is 4. The van der Waals surface area contributed by atoms with Gasteiger partial charge < -0.3 is 25.4 Å². The second-order valence-electron chi connectivity index (χ2n) is 3.00. The molecule has 18 heavy (non-hydrogen) atoms. The Morgan fingerprint density at radius 2 is 1.61 bits per heavy atom. The molecule has 0 saturated carbocycles. The normalized spacial score (nSPS) is 12.4. The van der Waals surface area contributed by atoms with Gasteiger partial charge in [-0.2, -0.15) is 0 Å². The molecule has 0 aromatic rings. The fourth-order valence-corrected chi connectivity index (χ4v) is 0.729. The van der Waals surface area contributed by atoms with Gasteiger partial charge in [-0.3, -0.25) is 5.73 Å². The number of ether oxygens (including phenoxy) is 2. The first-order valence-electron chi connectivity index (χ1n) is 4.57. The van der Waals surface area contributed by atoms with Gasteiger partial charge in [0.15, 0.2) is 0 Å². The first kappa shape index (κ1) is 15.8. The van der Waals surface area contributed by atoms with Gasteiger partial charge in [-0.25, -0.2) is 19.2 Å². The lowest BCUT2D eigenvalue weighted by Gasteiger charge is -2.21. The molecule has 0 aliphatic rings. The Hall–Kier alpha value is -2.20. The Bertz CT molecular complexity index is 365. The summed E-state index contributed by atoms with van der Waals surface area (Å²) in [5, 5.41) is 17.1. The molecule has 10 nitrogen and oxygen atoms in total. The van der Waals surface area contributed by atoms with Crippen LogP contribution in [0.15, 0.2) is 0 Å². The minimum atomic E-state index is -3.32. The minimum Gasteiger partial charge on any atom is -0.477 e. The van der Waals surface area contributed by atoms with E-state index >= 15 is 0 Å². The van der Waals surface area contributed by atoms with Gasteiger partial charge in [-0.05, 0) is 6.92 Å². The number of carboxylic acids is 2. The first-order chi connectivity index (χ1) is 8.16. The van der Waals surface area contributed by atoms with Gasteiger partial charge in [0.2, 0.25) is 6.04 Å². The van der Waals surface area contributed by atoms with Gasteiger partial charge in [0.05, 0.1) is 6.61 Å². The molecule has 0 saturated heterocycles. The SMILES string of the molecule is CCOC(=O)C(N)C(=O)OC(N)(C(=O)O)C(=O)O. The molecule has 0 spiro atoms. The number of aliphatic carboxylic acids is 2. The summed E-state index contributed by atoms with van der Waals surface area (Å²) >= 11 is 0. The molecule has 0 radical (unpaired) electrons. The average Bonchev–Trinajstić information content (AvgIpc) is 2.27. The molecule has 0 aromatic carbocycles. The van der Waals surface area contributed by atoms with Crippen LogP contribution in [0.4, 0.5) is 0 Å². The van der Waals surface area contributed by atoms with Gasteiger partial charge >= 0.3 is 29.6 Å². The molecule has 0 bridgehead atoms. The van der Waals surface area contributed by atoms with E-state index in [2.05, 4.69) is 9.47 Å². The minimum absolute atomic E-state index is 0.0779. The fraction of sp³-hybridized carbons (Fsp3) is 0.500. The number of rotatable bonds is 6. The maximum Gasteiger partial charge on any atom is 0.376 e. The Balaban J connectivity index is 4.88. The van der Waals surface area contributed by atoms with Crippen LogP contribution in [-0.2, 0) is 28.7 Å². The molecule has 6 N–H and O–H groups in total. The highest BCUT2D eigenvalue weighted by Gasteiger charge is 2.48. The van der Waals surface area contributed by atoms with E-state index in [1.807, 2.05) is 0 Å². The summed E-state index contributed by atoms with van der Waals surface area (Å²) in [4.78, 5) is 43.4. The van der Waals surface area contributed by atoms with E-state index in [1.54, 1.807) is 0 Å². The van der Waals surface area contributed by atoms with Gasteiger partial charge in [-0.1, -0.05) is 0 Å². The smallest absolute Gasteiger partial charge is 0.376 e. The van der Waals surface area contributed by atoms with Crippen molar-refractivity contribution in [2.24, 2.45) is 11.5 Å². The monoisotopic (exact) mass is 264 g/mol. The van der Waals surface area contributed by atoms with Crippen molar-refractivity contribution in [2.75, 3.05) is 6.61 Å². The van der Waals surface area contributed by atoms with E-state index in [0.717, 1.165) is 0 Å². The second-order valence-corrected chi connectivity index (χ2v) is 3.00. The molecular formula is C8H12N2O8. The van der Waals surface area contributed by atoms with Crippen molar-refractivity contribution < 1.29 is 38.9 Å². The quantitative estimate of drug-likeness (QED) is 0.223. The van der Waals surface area contributed by atoms with E-state index in [1.165, 1.54) is 6.92 Å². The van der Waals surface area contributed by atoms with Crippen molar-refractivity contribution in [3.05, 3.63) is 0 Å². The number of hydrogen-bond acceptors (Lipinski definition) is 8. The number of carboxylic acid groups (broad SMARTS) is 2.